The molecule has 1 aliphatic heterocycles. The average Bonchev–Trinajstić information content (AvgIpc) is 2.81. The van der Waals surface area contributed by atoms with Gasteiger partial charge in [-0.15, -0.1) is 0 Å². The molecule has 0 fully saturated rings. The molecule has 0 aromatic rings. The molecule has 0 spiro atoms. The van der Waals surface area contributed by atoms with Crippen molar-refractivity contribution in [2.24, 2.45) is 10.1 Å². The minimum absolute atomic E-state index is 0.0676. The van der Waals surface area contributed by atoms with E-state index in [4.69, 9.17) is 5.11 Å². The molecule has 1 atom stereocenters. The van der Waals surface area contributed by atoms with E-state index < -0.39 is 12.0 Å². The lowest BCUT2D eigenvalue weighted by atomic mass is 10.0. The van der Waals surface area contributed by atoms with Crippen LogP contribution in [0.15, 0.2) is 10.1 Å². The molecule has 0 bridgehead atoms. The van der Waals surface area contributed by atoms with Crippen LogP contribution >= 0.6 is 0 Å². The Morgan fingerprint density at radius 2 is 1.41 bits per heavy atom. The highest BCUT2D eigenvalue weighted by Crippen LogP contribution is 2.14. The average molecular weight is 479 g/mol. The summed E-state index contributed by atoms with van der Waals surface area (Å²) in [5.74, 6) is -0.355. The molecule has 1 heterocycles. The number of amides is 1. The summed E-state index contributed by atoms with van der Waals surface area (Å²) in [5, 5.41) is 15.7. The fraction of sp³-hybridized carbons (Fsp3) is 0.808. The second kappa shape index (κ2) is 20.2. The summed E-state index contributed by atoms with van der Waals surface area (Å²) in [5.41, 5.74) is 2.97. The molecule has 8 nitrogen and oxygen atoms in total. The van der Waals surface area contributed by atoms with E-state index in [0.29, 0.717) is 13.0 Å². The number of hydrazone groups is 1. The lowest BCUT2D eigenvalue weighted by Gasteiger charge is -2.13. The molecule has 0 aromatic carbocycles. The molecule has 0 saturated carbocycles. The van der Waals surface area contributed by atoms with Crippen LogP contribution in [0.25, 0.3) is 0 Å². The first-order valence-corrected chi connectivity index (χ1v) is 13.3. The Hall–Kier alpha value is -2.25. The second-order valence-corrected chi connectivity index (χ2v) is 9.36. The van der Waals surface area contributed by atoms with Crippen molar-refractivity contribution in [3.8, 4) is 0 Å². The highest BCUT2D eigenvalue weighted by atomic mass is 16.4. The van der Waals surface area contributed by atoms with Gasteiger partial charge in [-0.1, -0.05) is 77.0 Å². The zero-order chi connectivity index (χ0) is 24.9. The van der Waals surface area contributed by atoms with E-state index >= 15 is 0 Å². The number of carboxylic acids is 1. The Kier molecular flexibility index (Phi) is 17.7. The first-order valence-electron chi connectivity index (χ1n) is 13.3. The zero-order valence-electron chi connectivity index (χ0n) is 21.2. The van der Waals surface area contributed by atoms with Crippen LogP contribution < -0.4 is 10.7 Å². The van der Waals surface area contributed by atoms with Gasteiger partial charge in [0.05, 0.1) is 6.54 Å². The van der Waals surface area contributed by atoms with Crippen LogP contribution in [-0.2, 0) is 14.4 Å². The Morgan fingerprint density at radius 3 is 1.88 bits per heavy atom. The van der Waals surface area contributed by atoms with Crippen LogP contribution in [0, 0.1) is 0 Å². The number of carbonyl (C=O) groups is 3. The van der Waals surface area contributed by atoms with Crippen molar-refractivity contribution in [1.29, 1.82) is 0 Å². The van der Waals surface area contributed by atoms with Gasteiger partial charge in [-0.3, -0.25) is 15.2 Å². The van der Waals surface area contributed by atoms with Gasteiger partial charge in [0.25, 0.3) is 0 Å². The Balaban J connectivity index is 1.82. The molecule has 0 aromatic heterocycles. The maximum atomic E-state index is 11.9. The third-order valence-corrected chi connectivity index (χ3v) is 6.13. The van der Waals surface area contributed by atoms with Gasteiger partial charge in [0.15, 0.2) is 0 Å². The fourth-order valence-electron chi connectivity index (χ4n) is 4.05. The summed E-state index contributed by atoms with van der Waals surface area (Å²) in [4.78, 5) is 38.5. The van der Waals surface area contributed by atoms with E-state index in [-0.39, 0.29) is 24.5 Å². The molecule has 194 valence electrons. The molecule has 3 N–H and O–H groups in total. The largest absolute Gasteiger partial charge is 0.480 e. The van der Waals surface area contributed by atoms with Gasteiger partial charge in [0.1, 0.15) is 17.7 Å². The first-order chi connectivity index (χ1) is 16.5. The fourth-order valence-corrected chi connectivity index (χ4v) is 4.05. The summed E-state index contributed by atoms with van der Waals surface area (Å²) < 4.78 is 0. The standard InChI is InChI=1S/C26H46N4O4/c1-22(31)18-19-23(26(33)34)29-25(32)17-15-13-11-9-7-5-3-2-4-6-8-10-12-14-16-24-27-20-21-28-30-24/h21,23H,2-20H2,1H3,(H,27,30)(H,29,32)(H,33,34)/t23-/m0/s1. The van der Waals surface area contributed by atoms with Crippen LogP contribution in [0.3, 0.4) is 0 Å². The quantitative estimate of drug-likeness (QED) is 0.186. The summed E-state index contributed by atoms with van der Waals surface area (Å²) in [6.07, 6.45) is 20.5. The summed E-state index contributed by atoms with van der Waals surface area (Å²) in [6.45, 7) is 2.14. The number of amidine groups is 1. The third-order valence-electron chi connectivity index (χ3n) is 6.13. The maximum absolute atomic E-state index is 11.9. The predicted octanol–water partition coefficient (Wildman–Crippen LogP) is 5.15. The highest BCUT2D eigenvalue weighted by molar-refractivity contribution is 5.86. The van der Waals surface area contributed by atoms with E-state index in [9.17, 15) is 14.4 Å². The number of carbonyl (C=O) groups excluding carboxylic acids is 2. The minimum atomic E-state index is -1.08. The Labute approximate surface area is 205 Å². The number of aliphatic carboxylic acids is 1. The predicted molar refractivity (Wildman–Crippen MR) is 137 cm³/mol. The topological polar surface area (TPSA) is 120 Å². The molecule has 1 rings (SSSR count). The number of nitrogens with zero attached hydrogens (tertiary/aromatic N) is 2. The van der Waals surface area contributed by atoms with Crippen LogP contribution in [0.4, 0.5) is 0 Å². The lowest BCUT2D eigenvalue weighted by Crippen LogP contribution is -2.40. The molecule has 0 unspecified atom stereocenters. The summed E-state index contributed by atoms with van der Waals surface area (Å²) in [7, 11) is 0. The smallest absolute Gasteiger partial charge is 0.326 e. The number of carboxylic acid groups (broad SMARTS) is 1. The van der Waals surface area contributed by atoms with Gasteiger partial charge in [-0.2, -0.15) is 5.10 Å². The normalized spacial score (nSPS) is 13.7. The van der Waals surface area contributed by atoms with Crippen LogP contribution in [-0.4, -0.2) is 47.4 Å². The molecule has 34 heavy (non-hydrogen) atoms. The SMILES string of the molecule is CC(=O)CC[C@H](NC(=O)CCCCCCCCCCCCCCCCC1=NCC=NN1)C(=O)O. The van der Waals surface area contributed by atoms with Crippen molar-refractivity contribution in [3.63, 3.8) is 0 Å². The molecule has 0 radical (unpaired) electrons. The van der Waals surface area contributed by atoms with Crippen molar-refractivity contribution in [1.82, 2.24) is 10.7 Å². The minimum Gasteiger partial charge on any atom is -0.480 e. The molecule has 0 aliphatic carbocycles. The van der Waals surface area contributed by atoms with Crippen molar-refractivity contribution in [2.45, 2.75) is 129 Å². The van der Waals surface area contributed by atoms with E-state index in [0.717, 1.165) is 31.5 Å². The maximum Gasteiger partial charge on any atom is 0.326 e. The number of Topliss-reactive ketones (excluding diaryl/α,β-unsaturated/α-hetero) is 1. The monoisotopic (exact) mass is 478 g/mol. The van der Waals surface area contributed by atoms with Crippen LogP contribution in [0.1, 0.15) is 122 Å². The van der Waals surface area contributed by atoms with Crippen LogP contribution in [0.5, 0.6) is 0 Å². The molecule has 0 saturated heterocycles. The number of ketones is 1. The second-order valence-electron chi connectivity index (χ2n) is 9.36. The lowest BCUT2D eigenvalue weighted by molar-refractivity contribution is -0.142. The van der Waals surface area contributed by atoms with Gasteiger partial charge < -0.3 is 15.2 Å². The van der Waals surface area contributed by atoms with E-state index in [1.54, 1.807) is 6.21 Å². The number of aliphatic imine (C=N–C) groups is 1. The Bertz CT molecular complexity index is 649. The highest BCUT2D eigenvalue weighted by Gasteiger charge is 2.19. The van der Waals surface area contributed by atoms with Gasteiger partial charge >= 0.3 is 5.97 Å². The molecular formula is C26H46N4O4. The number of nitrogens with one attached hydrogen (secondary N) is 2. The van der Waals surface area contributed by atoms with Gasteiger partial charge in [0, 0.05) is 25.5 Å². The first kappa shape index (κ1) is 29.8. The van der Waals surface area contributed by atoms with Crippen molar-refractivity contribution in [2.75, 3.05) is 6.54 Å². The summed E-state index contributed by atoms with van der Waals surface area (Å²) >= 11 is 0. The Morgan fingerprint density at radius 1 is 0.882 bits per heavy atom. The molecular weight excluding hydrogens is 432 g/mol. The van der Waals surface area contributed by atoms with Crippen molar-refractivity contribution < 1.29 is 19.5 Å². The summed E-state index contributed by atoms with van der Waals surface area (Å²) in [6, 6.07) is -0.966. The van der Waals surface area contributed by atoms with E-state index in [1.165, 1.54) is 77.6 Å². The molecule has 1 amide bonds. The molecule has 1 aliphatic rings. The van der Waals surface area contributed by atoms with Gasteiger partial charge in [-0.05, 0) is 26.2 Å². The number of hydrogen-bond acceptors (Lipinski definition) is 6. The third kappa shape index (κ3) is 17.3. The number of hydrogen-bond donors (Lipinski definition) is 3. The van der Waals surface area contributed by atoms with Gasteiger partial charge in [-0.25, -0.2) is 4.79 Å². The van der Waals surface area contributed by atoms with Crippen molar-refractivity contribution >= 4 is 29.7 Å². The number of rotatable bonds is 22. The van der Waals surface area contributed by atoms with Crippen LogP contribution in [0.2, 0.25) is 0 Å². The van der Waals surface area contributed by atoms with Gasteiger partial charge in [0.2, 0.25) is 5.91 Å². The van der Waals surface area contributed by atoms with E-state index in [1.807, 2.05) is 0 Å². The molecule has 8 heteroatoms. The van der Waals surface area contributed by atoms with Crippen molar-refractivity contribution in [3.05, 3.63) is 0 Å². The number of unbranched alkanes of at least 4 members (excludes halogenated alkanes) is 13. The van der Waals surface area contributed by atoms with E-state index in [2.05, 4.69) is 20.8 Å². The zero-order valence-corrected chi connectivity index (χ0v) is 21.2.